The van der Waals surface area contributed by atoms with Crippen LogP contribution in [0, 0.1) is 42.9 Å². The van der Waals surface area contributed by atoms with Crippen molar-refractivity contribution < 1.29 is 31.5 Å². The number of rotatable bonds is 10. The van der Waals surface area contributed by atoms with Gasteiger partial charge in [0.05, 0.1) is 26.1 Å². The van der Waals surface area contributed by atoms with Gasteiger partial charge in [-0.3, -0.25) is 9.59 Å². The van der Waals surface area contributed by atoms with E-state index in [0.29, 0.717) is 43.0 Å². The third-order valence-corrected chi connectivity index (χ3v) is 17.0. The second kappa shape index (κ2) is 34.4. The number of aryl methyl sites for hydroxylation is 6. The van der Waals surface area contributed by atoms with Crippen molar-refractivity contribution >= 4 is 124 Å². The Kier molecular flexibility index (Phi) is 27.5. The molecule has 12 rings (SSSR count). The molecule has 1 atom stereocenters. The van der Waals surface area contributed by atoms with Gasteiger partial charge in [-0.25, -0.2) is 22.0 Å². The highest BCUT2D eigenvalue weighted by molar-refractivity contribution is 6.43. The van der Waals surface area contributed by atoms with Crippen molar-refractivity contribution in [3.05, 3.63) is 257 Å². The molecule has 0 aliphatic rings. The molecular weight excluding hydrogens is 1290 g/mol. The predicted octanol–water partition coefficient (Wildman–Crippen LogP) is 23.7. The highest BCUT2D eigenvalue weighted by atomic mass is 35.5. The molecule has 5 aromatic heterocycles. The standard InChI is InChI=1S/C12H14FN.C12H15NO.C11H11Cl2N.C11H12ClN.C10H9Cl2N.C10H8FNO.C9H9F3/c1-12(2,3)10-7-14-11-5-4-8(13)6-9(10)11;1-3-11(13-12(14)4-2)10-8-6-5-7-9-10;1-3-7-6(2)14-11-5-10(13)9(12)4-8(7)11;1-3-9-7(2)13-11-5-4-8(12)6-10(9)11;1-2-6-5-13-10-4-9(12)8(11)3-7(6)10;1-6(13)9-5-12-10-3-2-7(11)4-8(9)10;1-2-3-6-4-7(10)9(12)8(11)5-6/h4-7,14H,1-3H3;4-9,11H,2-3H2,1H3,(H,13,14);4-5,14H,3H2,1-2H3;4-6,13H,3H2,1-2H3;3-5,13H,2H2,1H3;2-5,12H,1H3;4-5H,2-3H2,1H3. The SMILES string of the molecule is C=CC(=O)NC(CC)c1ccccc1.CC(=O)c1c[nH]c2ccc(F)cc12.CC(C)(C)c1c[nH]c2ccc(F)cc12.CCCc1cc(F)c(F)c(F)c1.CCc1c(C)[nH]c2cc(Cl)c(Cl)cc12.CCc1c(C)[nH]c2ccc(Cl)cc12.CCc1c[nH]c2cc(Cl)c(Cl)cc12. The van der Waals surface area contributed by atoms with Crippen LogP contribution in [0.3, 0.4) is 0 Å². The van der Waals surface area contributed by atoms with Crippen LogP contribution in [-0.2, 0) is 35.9 Å². The predicted molar refractivity (Wildman–Crippen MR) is 381 cm³/mol. The second-order valence-electron chi connectivity index (χ2n) is 22.9. The maximum absolute atomic E-state index is 13.1. The maximum Gasteiger partial charge on any atom is 0.243 e. The molecule has 12 aromatic rings. The molecule has 0 aliphatic heterocycles. The number of hydrogen-bond donors (Lipinski definition) is 6. The summed E-state index contributed by atoms with van der Waals surface area (Å²) in [7, 11) is 0. The van der Waals surface area contributed by atoms with E-state index < -0.39 is 17.5 Å². The van der Waals surface area contributed by atoms with Crippen LogP contribution in [0.15, 0.2) is 153 Å². The Morgan fingerprint density at radius 2 is 1.06 bits per heavy atom. The van der Waals surface area contributed by atoms with Crippen molar-refractivity contribution in [1.29, 1.82) is 0 Å². The van der Waals surface area contributed by atoms with Crippen LogP contribution in [0.5, 0.6) is 0 Å². The average Bonchev–Trinajstić information content (AvgIpc) is 1.71. The summed E-state index contributed by atoms with van der Waals surface area (Å²) in [5.41, 5.74) is 14.8. The summed E-state index contributed by atoms with van der Waals surface area (Å²) in [5, 5.41) is 11.3. The Hall–Kier alpha value is -7.78. The molecule has 0 saturated carbocycles. The molecule has 0 fully saturated rings. The van der Waals surface area contributed by atoms with E-state index in [4.69, 9.17) is 58.0 Å². The molecule has 490 valence electrons. The topological polar surface area (TPSA) is 125 Å². The molecule has 6 N–H and O–H groups in total. The lowest BCUT2D eigenvalue weighted by atomic mass is 9.87. The van der Waals surface area contributed by atoms with Crippen molar-refractivity contribution in [2.24, 2.45) is 0 Å². The Morgan fingerprint density at radius 1 is 0.559 bits per heavy atom. The molecule has 0 spiro atoms. The Morgan fingerprint density at radius 3 is 1.60 bits per heavy atom. The minimum atomic E-state index is -1.39. The summed E-state index contributed by atoms with van der Waals surface area (Å²) in [6.07, 6.45) is 12.1. The van der Waals surface area contributed by atoms with Crippen LogP contribution in [-0.4, -0.2) is 36.6 Å². The quantitative estimate of drug-likeness (QED) is 0.0353. The lowest BCUT2D eigenvalue weighted by Gasteiger charge is -2.17. The summed E-state index contributed by atoms with van der Waals surface area (Å²) >= 11 is 29.7. The number of H-pyrrole nitrogens is 5. The van der Waals surface area contributed by atoms with Gasteiger partial charge in [-0.05, 0) is 189 Å². The largest absolute Gasteiger partial charge is 0.361 e. The lowest BCUT2D eigenvalue weighted by Crippen LogP contribution is -2.26. The molecular formula is C75H78Cl5F5N6O2. The van der Waals surface area contributed by atoms with Gasteiger partial charge in [-0.2, -0.15) is 0 Å². The van der Waals surface area contributed by atoms with E-state index in [9.17, 15) is 31.5 Å². The van der Waals surface area contributed by atoms with Crippen molar-refractivity contribution in [2.45, 2.75) is 126 Å². The van der Waals surface area contributed by atoms with Crippen molar-refractivity contribution in [3.8, 4) is 0 Å². The molecule has 93 heavy (non-hydrogen) atoms. The number of aromatic amines is 5. The fraction of sp³-hybridized carbons (Fsp3) is 0.253. The number of Topliss-reactive ketones (excluding diaryl/α,β-unsaturated/α-hetero) is 1. The lowest BCUT2D eigenvalue weighted by molar-refractivity contribution is -0.117. The molecule has 7 aromatic carbocycles. The first-order chi connectivity index (χ1) is 44.2. The summed E-state index contributed by atoms with van der Waals surface area (Å²) in [4.78, 5) is 38.1. The van der Waals surface area contributed by atoms with E-state index >= 15 is 0 Å². The zero-order valence-corrected chi connectivity index (χ0v) is 57.8. The maximum atomic E-state index is 13.1. The fourth-order valence-electron chi connectivity index (χ4n) is 10.6. The number of amides is 1. The van der Waals surface area contributed by atoms with E-state index in [-0.39, 0.29) is 34.8 Å². The first kappa shape index (κ1) is 74.3. The first-order valence-electron chi connectivity index (χ1n) is 30.5. The molecule has 0 radical (unpaired) electrons. The number of aromatic nitrogens is 5. The van der Waals surface area contributed by atoms with E-state index in [1.807, 2.05) is 99.0 Å². The molecule has 0 bridgehead atoms. The molecule has 8 nitrogen and oxygen atoms in total. The Balaban J connectivity index is 0.000000172. The first-order valence-corrected chi connectivity index (χ1v) is 32.4. The second-order valence-corrected chi connectivity index (χ2v) is 25.0. The van der Waals surface area contributed by atoms with E-state index in [0.717, 1.165) is 93.2 Å². The summed E-state index contributed by atoms with van der Waals surface area (Å²) in [6.45, 7) is 25.8. The van der Waals surface area contributed by atoms with Crippen LogP contribution in [0.4, 0.5) is 22.0 Å². The zero-order valence-electron chi connectivity index (χ0n) is 54.0. The zero-order chi connectivity index (χ0) is 68.4. The monoisotopic (exact) mass is 1360 g/mol. The molecule has 1 amide bonds. The number of carbonyl (C=O) groups excluding carboxylic acids is 2. The number of ketones is 1. The van der Waals surface area contributed by atoms with E-state index in [1.54, 1.807) is 24.4 Å². The van der Waals surface area contributed by atoms with Gasteiger partial charge in [-0.15, -0.1) is 0 Å². The van der Waals surface area contributed by atoms with Gasteiger partial charge >= 0.3 is 0 Å². The minimum Gasteiger partial charge on any atom is -0.361 e. The Labute approximate surface area is 565 Å². The van der Waals surface area contributed by atoms with Crippen LogP contribution in [0.25, 0.3) is 54.5 Å². The molecule has 5 heterocycles. The van der Waals surface area contributed by atoms with Crippen LogP contribution in [0.1, 0.15) is 136 Å². The number of halogens is 10. The van der Waals surface area contributed by atoms with Gasteiger partial charge in [0, 0.05) is 95.1 Å². The van der Waals surface area contributed by atoms with Crippen LogP contribution >= 0.6 is 58.0 Å². The van der Waals surface area contributed by atoms with Gasteiger partial charge < -0.3 is 30.2 Å². The highest BCUT2D eigenvalue weighted by Crippen LogP contribution is 2.34. The Bertz CT molecular complexity index is 4480. The van der Waals surface area contributed by atoms with Crippen molar-refractivity contribution in [3.63, 3.8) is 0 Å². The third kappa shape index (κ3) is 19.9. The molecule has 18 heteroatoms. The number of nitrogens with one attached hydrogen (secondary N) is 6. The van der Waals surface area contributed by atoms with Crippen LogP contribution in [0.2, 0.25) is 25.1 Å². The van der Waals surface area contributed by atoms with Gasteiger partial charge in [0.2, 0.25) is 5.91 Å². The van der Waals surface area contributed by atoms with Crippen molar-refractivity contribution in [2.75, 3.05) is 0 Å². The average molecular weight is 1370 g/mol. The highest BCUT2D eigenvalue weighted by Gasteiger charge is 2.19. The fourth-order valence-corrected chi connectivity index (χ4v) is 11.4. The van der Waals surface area contributed by atoms with Crippen molar-refractivity contribution in [1.82, 2.24) is 30.2 Å². The molecule has 0 aliphatic carbocycles. The van der Waals surface area contributed by atoms with Gasteiger partial charge in [-0.1, -0.05) is 157 Å². The summed E-state index contributed by atoms with van der Waals surface area (Å²) in [5.74, 6) is -4.30. The number of carbonyl (C=O) groups is 2. The smallest absolute Gasteiger partial charge is 0.243 e. The van der Waals surface area contributed by atoms with Gasteiger partial charge in [0.1, 0.15) is 11.6 Å². The minimum absolute atomic E-state index is 0.0477. The molecule has 1 unspecified atom stereocenters. The summed E-state index contributed by atoms with van der Waals surface area (Å²) in [6, 6.07) is 34.8. The van der Waals surface area contributed by atoms with E-state index in [1.165, 1.54) is 75.6 Å². The van der Waals surface area contributed by atoms with E-state index in [2.05, 4.69) is 92.2 Å². The number of hydrogen-bond acceptors (Lipinski definition) is 2. The van der Waals surface area contributed by atoms with Crippen LogP contribution < -0.4 is 5.32 Å². The van der Waals surface area contributed by atoms with Gasteiger partial charge in [0.25, 0.3) is 0 Å². The summed E-state index contributed by atoms with van der Waals surface area (Å²) < 4.78 is 63.4. The van der Waals surface area contributed by atoms with Gasteiger partial charge in [0.15, 0.2) is 23.2 Å². The number of benzene rings is 7. The molecule has 0 saturated heterocycles. The number of fused-ring (bicyclic) bond motifs is 5. The third-order valence-electron chi connectivity index (χ3n) is 15.3. The normalized spacial score (nSPS) is 11.2.